The zero-order chi connectivity index (χ0) is 12.7. The van der Waals surface area contributed by atoms with Crippen LogP contribution >= 0.6 is 0 Å². The summed E-state index contributed by atoms with van der Waals surface area (Å²) in [6, 6.07) is 4.01. The zero-order valence-corrected chi connectivity index (χ0v) is 9.41. The van der Waals surface area contributed by atoms with Crippen LogP contribution in [0.5, 0.6) is 5.75 Å². The smallest absolute Gasteiger partial charge is 0.258 e. The molecule has 0 atom stereocenters. The Balaban J connectivity index is 2.56. The maximum Gasteiger partial charge on any atom is 0.258 e. The molecule has 0 saturated carbocycles. The maximum atomic E-state index is 12.9. The highest BCUT2D eigenvalue weighted by atomic mass is 19.1. The summed E-state index contributed by atoms with van der Waals surface area (Å²) >= 11 is 0. The van der Waals surface area contributed by atoms with Gasteiger partial charge < -0.3 is 15.8 Å². The van der Waals surface area contributed by atoms with Crippen molar-refractivity contribution in [1.29, 1.82) is 0 Å². The number of hydrogen-bond donors (Lipinski definition) is 2. The van der Waals surface area contributed by atoms with E-state index in [1.807, 2.05) is 0 Å². The molecule has 0 bridgehead atoms. The second-order valence-electron chi connectivity index (χ2n) is 3.34. The Bertz CT molecular complexity index is 407. The molecule has 0 spiro atoms. The highest BCUT2D eigenvalue weighted by molar-refractivity contribution is 5.77. The van der Waals surface area contributed by atoms with E-state index < -0.39 is 0 Å². The van der Waals surface area contributed by atoms with Crippen LogP contribution in [-0.4, -0.2) is 19.1 Å². The van der Waals surface area contributed by atoms with E-state index in [0.717, 1.165) is 0 Å². The third kappa shape index (κ3) is 4.24. The molecule has 0 aliphatic heterocycles. The van der Waals surface area contributed by atoms with Crippen molar-refractivity contribution in [2.24, 2.45) is 5.73 Å². The number of hydrogen-bond acceptors (Lipinski definition) is 3. The molecule has 0 saturated heterocycles. The summed E-state index contributed by atoms with van der Waals surface area (Å²) in [6.45, 7) is 3.88. The number of benzene rings is 1. The third-order valence-corrected chi connectivity index (χ3v) is 2.04. The van der Waals surface area contributed by atoms with Gasteiger partial charge in [-0.3, -0.25) is 4.79 Å². The Morgan fingerprint density at radius 3 is 3.00 bits per heavy atom. The normalized spacial score (nSPS) is 9.76. The van der Waals surface area contributed by atoms with E-state index in [1.165, 1.54) is 18.2 Å². The van der Waals surface area contributed by atoms with E-state index in [2.05, 4.69) is 11.9 Å². The lowest BCUT2D eigenvalue weighted by atomic mass is 10.2. The van der Waals surface area contributed by atoms with Crippen molar-refractivity contribution in [3.8, 4) is 5.75 Å². The molecule has 1 amide bonds. The van der Waals surface area contributed by atoms with Gasteiger partial charge in [-0.1, -0.05) is 6.08 Å². The molecule has 0 heterocycles. The number of ether oxygens (including phenoxy) is 1. The highest BCUT2D eigenvalue weighted by Gasteiger charge is 2.06. The van der Waals surface area contributed by atoms with Gasteiger partial charge in [-0.15, -0.1) is 6.58 Å². The molecule has 17 heavy (non-hydrogen) atoms. The van der Waals surface area contributed by atoms with Crippen LogP contribution in [0.15, 0.2) is 30.9 Å². The molecule has 1 rings (SSSR count). The summed E-state index contributed by atoms with van der Waals surface area (Å²) in [6.07, 6.45) is 1.57. The average molecular weight is 238 g/mol. The van der Waals surface area contributed by atoms with Crippen LogP contribution in [0.1, 0.15) is 5.56 Å². The predicted octanol–water partition coefficient (Wildman–Crippen LogP) is 0.965. The SMILES string of the molecule is C=CCNC(=O)COc1ccc(F)cc1CN. The van der Waals surface area contributed by atoms with Gasteiger partial charge in [-0.05, 0) is 18.2 Å². The second kappa shape index (κ2) is 6.65. The molecule has 1 aromatic rings. The van der Waals surface area contributed by atoms with Gasteiger partial charge in [-0.2, -0.15) is 0 Å². The van der Waals surface area contributed by atoms with Crippen molar-refractivity contribution < 1.29 is 13.9 Å². The van der Waals surface area contributed by atoms with Crippen LogP contribution < -0.4 is 15.8 Å². The lowest BCUT2D eigenvalue weighted by Crippen LogP contribution is -2.29. The van der Waals surface area contributed by atoms with E-state index in [1.54, 1.807) is 6.08 Å². The molecule has 1 aromatic carbocycles. The topological polar surface area (TPSA) is 64.3 Å². The molecule has 3 N–H and O–H groups in total. The van der Waals surface area contributed by atoms with Crippen LogP contribution in [0.4, 0.5) is 4.39 Å². The van der Waals surface area contributed by atoms with Crippen LogP contribution in [0.3, 0.4) is 0 Å². The van der Waals surface area contributed by atoms with Crippen molar-refractivity contribution >= 4 is 5.91 Å². The first-order chi connectivity index (χ1) is 8.17. The first-order valence-corrected chi connectivity index (χ1v) is 5.16. The first kappa shape index (κ1) is 13.2. The molecule has 0 radical (unpaired) electrons. The Hall–Kier alpha value is -1.88. The number of carbonyl (C=O) groups excluding carboxylic acids is 1. The molecule has 5 heteroatoms. The van der Waals surface area contributed by atoms with Gasteiger partial charge in [0.05, 0.1) is 0 Å². The Morgan fingerprint density at radius 2 is 2.35 bits per heavy atom. The zero-order valence-electron chi connectivity index (χ0n) is 9.41. The summed E-state index contributed by atoms with van der Waals surface area (Å²) < 4.78 is 18.1. The lowest BCUT2D eigenvalue weighted by Gasteiger charge is -2.10. The first-order valence-electron chi connectivity index (χ1n) is 5.16. The Labute approximate surface area is 99.3 Å². The fourth-order valence-electron chi connectivity index (χ4n) is 1.23. The molecule has 0 unspecified atom stereocenters. The molecule has 0 aromatic heterocycles. The van der Waals surface area contributed by atoms with Gasteiger partial charge in [0.25, 0.3) is 5.91 Å². The summed E-state index contributed by atoms with van der Waals surface area (Å²) in [5.41, 5.74) is 5.97. The number of halogens is 1. The van der Waals surface area contributed by atoms with E-state index >= 15 is 0 Å². The third-order valence-electron chi connectivity index (χ3n) is 2.04. The summed E-state index contributed by atoms with van der Waals surface area (Å²) in [7, 11) is 0. The van der Waals surface area contributed by atoms with E-state index in [4.69, 9.17) is 10.5 Å². The minimum absolute atomic E-state index is 0.132. The van der Waals surface area contributed by atoms with E-state index in [-0.39, 0.29) is 24.9 Å². The summed E-state index contributed by atoms with van der Waals surface area (Å²) in [4.78, 5) is 11.3. The number of rotatable bonds is 6. The second-order valence-corrected chi connectivity index (χ2v) is 3.34. The van der Waals surface area contributed by atoms with Crippen LogP contribution in [0, 0.1) is 5.82 Å². The molecule has 0 fully saturated rings. The predicted molar refractivity (Wildman–Crippen MR) is 63.0 cm³/mol. The van der Waals surface area contributed by atoms with Gasteiger partial charge in [0.2, 0.25) is 0 Å². The molecule has 0 aliphatic rings. The highest BCUT2D eigenvalue weighted by Crippen LogP contribution is 2.18. The maximum absolute atomic E-state index is 12.9. The molecular formula is C12H15FN2O2. The number of nitrogens with one attached hydrogen (secondary N) is 1. The summed E-state index contributed by atoms with van der Waals surface area (Å²) in [5, 5.41) is 2.56. The molecule has 0 aliphatic carbocycles. The van der Waals surface area contributed by atoms with Crippen LogP contribution in [0.2, 0.25) is 0 Å². The van der Waals surface area contributed by atoms with Crippen LogP contribution in [-0.2, 0) is 11.3 Å². The largest absolute Gasteiger partial charge is 0.483 e. The summed E-state index contributed by atoms with van der Waals surface area (Å²) in [5.74, 6) is -0.228. The Kier molecular flexibility index (Phi) is 5.16. The van der Waals surface area contributed by atoms with Gasteiger partial charge >= 0.3 is 0 Å². The standard InChI is InChI=1S/C12H15FN2O2/c1-2-5-15-12(16)8-17-11-4-3-10(13)6-9(11)7-14/h2-4,6H,1,5,7-8,14H2,(H,15,16). The number of carbonyl (C=O) groups is 1. The van der Waals surface area contributed by atoms with Crippen molar-refractivity contribution in [3.63, 3.8) is 0 Å². The number of nitrogens with two attached hydrogens (primary N) is 1. The van der Waals surface area contributed by atoms with Gasteiger partial charge in [0.15, 0.2) is 6.61 Å². The average Bonchev–Trinajstić information content (AvgIpc) is 2.34. The fraction of sp³-hybridized carbons (Fsp3) is 0.250. The van der Waals surface area contributed by atoms with Gasteiger partial charge in [0.1, 0.15) is 11.6 Å². The van der Waals surface area contributed by atoms with Gasteiger partial charge in [-0.25, -0.2) is 4.39 Å². The van der Waals surface area contributed by atoms with Crippen molar-refractivity contribution in [3.05, 3.63) is 42.2 Å². The minimum Gasteiger partial charge on any atom is -0.483 e. The van der Waals surface area contributed by atoms with Crippen molar-refractivity contribution in [2.75, 3.05) is 13.2 Å². The van der Waals surface area contributed by atoms with E-state index in [9.17, 15) is 9.18 Å². The fourth-order valence-corrected chi connectivity index (χ4v) is 1.23. The molecular weight excluding hydrogens is 223 g/mol. The van der Waals surface area contributed by atoms with Crippen molar-refractivity contribution in [1.82, 2.24) is 5.32 Å². The van der Waals surface area contributed by atoms with Crippen LogP contribution in [0.25, 0.3) is 0 Å². The molecule has 4 nitrogen and oxygen atoms in total. The monoisotopic (exact) mass is 238 g/mol. The minimum atomic E-state index is -0.381. The Morgan fingerprint density at radius 1 is 1.59 bits per heavy atom. The van der Waals surface area contributed by atoms with Gasteiger partial charge in [0, 0.05) is 18.7 Å². The quantitative estimate of drug-likeness (QED) is 0.726. The van der Waals surface area contributed by atoms with E-state index in [0.29, 0.717) is 17.9 Å². The number of amides is 1. The molecule has 92 valence electrons. The lowest BCUT2D eigenvalue weighted by molar-refractivity contribution is -0.122. The van der Waals surface area contributed by atoms with Crippen molar-refractivity contribution in [2.45, 2.75) is 6.54 Å².